The van der Waals surface area contributed by atoms with Crippen LogP contribution in [-0.4, -0.2) is 3.69 Å². The Morgan fingerprint density at radius 1 is 1.17 bits per heavy atom. The number of halogens is 4. The van der Waals surface area contributed by atoms with E-state index in [1.54, 1.807) is 0 Å². The molecule has 0 bridgehead atoms. The molecular formula is C7H4F4Hg. The van der Waals surface area contributed by atoms with Crippen molar-refractivity contribution in [1.82, 2.24) is 0 Å². The molecule has 62 valence electrons. The van der Waals surface area contributed by atoms with Crippen LogP contribution in [0.3, 0.4) is 0 Å². The number of alkyl halides is 3. The summed E-state index contributed by atoms with van der Waals surface area (Å²) in [5.74, 6) is -0.586. The van der Waals surface area contributed by atoms with Crippen LogP contribution >= 0.6 is 0 Å². The first-order valence-corrected chi connectivity index (χ1v) is 8.78. The summed E-state index contributed by atoms with van der Waals surface area (Å²) in [7, 11) is 0. The maximum atomic E-state index is 12.4. The normalized spacial score (nSPS) is 11.0. The molecule has 0 spiro atoms. The van der Waals surface area contributed by atoms with E-state index in [2.05, 4.69) is 0 Å². The van der Waals surface area contributed by atoms with Crippen LogP contribution in [-0.2, 0) is 24.6 Å². The molecule has 0 unspecified atom stereocenters. The van der Waals surface area contributed by atoms with Crippen LogP contribution in [0.2, 0.25) is 0 Å². The number of rotatable bonds is 1. The summed E-state index contributed by atoms with van der Waals surface area (Å²) in [5.41, 5.74) is 0. The van der Waals surface area contributed by atoms with E-state index in [1.807, 2.05) is 0 Å². The van der Waals surface area contributed by atoms with Crippen molar-refractivity contribution in [2.75, 3.05) is 0 Å². The predicted molar refractivity (Wildman–Crippen MR) is 32.1 cm³/mol. The fourth-order valence-electron chi connectivity index (χ4n) is 0.878. The summed E-state index contributed by atoms with van der Waals surface area (Å²) >= 11 is -3.09. The van der Waals surface area contributed by atoms with Gasteiger partial charge in [-0.1, -0.05) is 0 Å². The van der Waals surface area contributed by atoms with Crippen molar-refractivity contribution in [3.05, 3.63) is 30.1 Å². The zero-order valence-electron chi connectivity index (χ0n) is 6.03. The first kappa shape index (κ1) is 9.96. The van der Waals surface area contributed by atoms with Gasteiger partial charge in [0.2, 0.25) is 0 Å². The SMILES string of the molecule is Fc1ccc[c]([Hg][C](F)(F)F)c1. The van der Waals surface area contributed by atoms with Crippen molar-refractivity contribution in [3.8, 4) is 0 Å². The number of hydrogen-bond donors (Lipinski definition) is 0. The first-order valence-electron chi connectivity index (χ1n) is 3.28. The van der Waals surface area contributed by atoms with E-state index in [9.17, 15) is 17.6 Å². The van der Waals surface area contributed by atoms with Gasteiger partial charge in [-0.05, 0) is 0 Å². The van der Waals surface area contributed by atoms with E-state index < -0.39 is 34.1 Å². The van der Waals surface area contributed by atoms with Gasteiger partial charge >= 0.3 is 79.0 Å². The third-order valence-corrected chi connectivity index (χ3v) is 6.15. The van der Waals surface area contributed by atoms with Gasteiger partial charge in [-0.15, -0.1) is 0 Å². The molecule has 0 aromatic heterocycles. The molecule has 0 aliphatic rings. The zero-order chi connectivity index (χ0) is 9.19. The molecule has 1 aromatic rings. The van der Waals surface area contributed by atoms with E-state index >= 15 is 0 Å². The molecule has 12 heavy (non-hydrogen) atoms. The Hall–Kier alpha value is -0.125. The van der Waals surface area contributed by atoms with Gasteiger partial charge in [-0.3, -0.25) is 0 Å². The van der Waals surface area contributed by atoms with Crippen LogP contribution in [0.1, 0.15) is 0 Å². The van der Waals surface area contributed by atoms with Gasteiger partial charge in [-0.2, -0.15) is 0 Å². The molecule has 0 saturated carbocycles. The van der Waals surface area contributed by atoms with Gasteiger partial charge in [0, 0.05) is 0 Å². The Bertz CT molecular complexity index is 268. The van der Waals surface area contributed by atoms with Crippen LogP contribution < -0.4 is 3.07 Å². The monoisotopic (exact) mass is 366 g/mol. The summed E-state index contributed by atoms with van der Waals surface area (Å²) in [5, 5.41) is 0. The summed E-state index contributed by atoms with van der Waals surface area (Å²) in [4.78, 5) is 0. The molecule has 0 radical (unpaired) electrons. The van der Waals surface area contributed by atoms with Crippen LogP contribution in [0.4, 0.5) is 17.6 Å². The molecule has 0 saturated heterocycles. The Labute approximate surface area is 79.0 Å². The van der Waals surface area contributed by atoms with E-state index in [4.69, 9.17) is 0 Å². The molecule has 1 aromatic carbocycles. The van der Waals surface area contributed by atoms with Crippen LogP contribution in [0.15, 0.2) is 24.3 Å². The van der Waals surface area contributed by atoms with E-state index in [1.165, 1.54) is 12.1 Å². The molecule has 0 nitrogen and oxygen atoms in total. The van der Waals surface area contributed by atoms with Gasteiger partial charge in [0.05, 0.1) is 0 Å². The fraction of sp³-hybridized carbons (Fsp3) is 0.143. The van der Waals surface area contributed by atoms with Gasteiger partial charge in [-0.25, -0.2) is 0 Å². The second-order valence-electron chi connectivity index (χ2n) is 2.42. The Kier molecular flexibility index (Phi) is 3.09. The average molecular weight is 365 g/mol. The molecule has 1 rings (SSSR count). The van der Waals surface area contributed by atoms with Crippen molar-refractivity contribution in [2.24, 2.45) is 0 Å². The van der Waals surface area contributed by atoms with Crippen molar-refractivity contribution in [3.63, 3.8) is 0 Å². The molecular weight excluding hydrogens is 361 g/mol. The molecule has 5 heteroatoms. The van der Waals surface area contributed by atoms with Gasteiger partial charge in [0.1, 0.15) is 0 Å². The second-order valence-corrected chi connectivity index (χ2v) is 10.1. The van der Waals surface area contributed by atoms with E-state index in [-0.39, 0.29) is 3.07 Å². The molecule has 0 heterocycles. The predicted octanol–water partition coefficient (Wildman–Crippen LogP) is 2.05. The van der Waals surface area contributed by atoms with Crippen LogP contribution in [0.25, 0.3) is 0 Å². The number of benzene rings is 1. The van der Waals surface area contributed by atoms with E-state index in [0.29, 0.717) is 0 Å². The molecule has 0 aliphatic carbocycles. The van der Waals surface area contributed by atoms with Crippen molar-refractivity contribution in [1.29, 1.82) is 0 Å². The van der Waals surface area contributed by atoms with E-state index in [0.717, 1.165) is 12.1 Å². The zero-order valence-corrected chi connectivity index (χ0v) is 11.5. The Morgan fingerprint density at radius 2 is 1.83 bits per heavy atom. The van der Waals surface area contributed by atoms with Crippen molar-refractivity contribution >= 4 is 3.07 Å². The summed E-state index contributed by atoms with van der Waals surface area (Å²) in [6, 6.07) is 4.79. The van der Waals surface area contributed by atoms with Crippen molar-refractivity contribution in [2.45, 2.75) is 3.69 Å². The minimum atomic E-state index is -4.05. The minimum absolute atomic E-state index is 0.169. The third kappa shape index (κ3) is 3.52. The number of hydrogen-bond acceptors (Lipinski definition) is 0. The quantitative estimate of drug-likeness (QED) is 0.528. The fourth-order valence-corrected chi connectivity index (χ4v) is 4.82. The Balaban J connectivity index is 2.77. The average Bonchev–Trinajstić information content (AvgIpc) is 1.82. The molecule has 0 aliphatic heterocycles. The first-order chi connectivity index (χ1) is 5.47. The molecule has 0 N–H and O–H groups in total. The van der Waals surface area contributed by atoms with Crippen LogP contribution in [0.5, 0.6) is 0 Å². The summed E-state index contributed by atoms with van der Waals surface area (Å²) in [6.45, 7) is 0. The topological polar surface area (TPSA) is 0 Å². The molecule has 0 fully saturated rings. The van der Waals surface area contributed by atoms with Gasteiger partial charge in [0.25, 0.3) is 0 Å². The standard InChI is InChI=1S/C6H4F.CF3.Hg/c7-6-4-2-1-3-5-6;2-1(3)4;/h1-2,4-5H;;. The Morgan fingerprint density at radius 3 is 2.33 bits per heavy atom. The molecule has 0 amide bonds. The summed E-state index contributed by atoms with van der Waals surface area (Å²) in [6.07, 6.45) is 0. The van der Waals surface area contributed by atoms with Crippen molar-refractivity contribution < 1.29 is 42.1 Å². The molecule has 0 atom stereocenters. The van der Waals surface area contributed by atoms with Gasteiger partial charge < -0.3 is 0 Å². The second kappa shape index (κ2) is 3.72. The van der Waals surface area contributed by atoms with Crippen LogP contribution in [0, 0.1) is 5.82 Å². The third-order valence-electron chi connectivity index (χ3n) is 1.29. The van der Waals surface area contributed by atoms with Gasteiger partial charge in [0.15, 0.2) is 0 Å². The maximum absolute atomic E-state index is 12.4. The summed E-state index contributed by atoms with van der Waals surface area (Å²) < 4.78 is 44.1.